The molecule has 4 rings (SSSR count). The van der Waals surface area contributed by atoms with Gasteiger partial charge in [0, 0.05) is 41.9 Å². The van der Waals surface area contributed by atoms with Gasteiger partial charge in [0.15, 0.2) is 0 Å². The van der Waals surface area contributed by atoms with E-state index in [4.69, 9.17) is 4.74 Å². The van der Waals surface area contributed by atoms with Crippen LogP contribution < -0.4 is 4.74 Å². The highest BCUT2D eigenvalue weighted by Gasteiger charge is 2.51. The summed E-state index contributed by atoms with van der Waals surface area (Å²) in [7, 11) is 0. The molecule has 0 saturated carbocycles. The molecule has 1 spiro atoms. The zero-order valence-electron chi connectivity index (χ0n) is 10.8. The van der Waals surface area contributed by atoms with Crippen molar-refractivity contribution in [2.24, 2.45) is 5.92 Å². The van der Waals surface area contributed by atoms with E-state index in [0.717, 1.165) is 41.7 Å². The molecule has 1 N–H and O–H groups in total. The van der Waals surface area contributed by atoms with Gasteiger partial charge < -0.3 is 14.7 Å². The molecule has 2 fully saturated rings. The molecule has 0 aliphatic carbocycles. The highest BCUT2D eigenvalue weighted by atomic mass is 79.9. The smallest absolute Gasteiger partial charge is 0.127 e. The lowest BCUT2D eigenvalue weighted by atomic mass is 9.75. The Balaban J connectivity index is 1.73. The Labute approximate surface area is 121 Å². The molecule has 4 atom stereocenters. The Bertz CT molecular complexity index is 521. The minimum absolute atomic E-state index is 0.139. The summed E-state index contributed by atoms with van der Waals surface area (Å²) in [5, 5.41) is 10.5. The van der Waals surface area contributed by atoms with Crippen LogP contribution in [0.2, 0.25) is 0 Å². The van der Waals surface area contributed by atoms with Crippen LogP contribution >= 0.6 is 15.9 Å². The number of benzene rings is 1. The second-order valence-electron chi connectivity index (χ2n) is 6.11. The molecule has 3 heterocycles. The fraction of sp³-hybridized carbons (Fsp3) is 0.600. The minimum atomic E-state index is -0.385. The maximum atomic E-state index is 10.5. The molecule has 3 nitrogen and oxygen atoms in total. The summed E-state index contributed by atoms with van der Waals surface area (Å²) in [5.74, 6) is 1.44. The maximum absolute atomic E-state index is 10.5. The first-order valence-corrected chi connectivity index (χ1v) is 7.84. The molecular weight excluding hydrogens is 306 g/mol. The largest absolute Gasteiger partial charge is 0.486 e. The van der Waals surface area contributed by atoms with E-state index in [1.165, 1.54) is 13.0 Å². The van der Waals surface area contributed by atoms with E-state index in [1.54, 1.807) is 0 Å². The molecule has 0 amide bonds. The molecule has 3 aliphatic rings. The second-order valence-corrected chi connectivity index (χ2v) is 7.02. The van der Waals surface area contributed by atoms with E-state index in [0.29, 0.717) is 5.92 Å². The summed E-state index contributed by atoms with van der Waals surface area (Å²) in [6, 6.07) is 5.95. The van der Waals surface area contributed by atoms with E-state index in [1.807, 2.05) is 18.2 Å². The number of nitrogens with zero attached hydrogens (tertiary/aromatic N) is 1. The average Bonchev–Trinajstić information content (AvgIpc) is 2.79. The van der Waals surface area contributed by atoms with Gasteiger partial charge in [-0.1, -0.05) is 22.0 Å². The van der Waals surface area contributed by atoms with Gasteiger partial charge in [-0.05, 0) is 25.1 Å². The van der Waals surface area contributed by atoms with Crippen LogP contribution in [0.3, 0.4) is 0 Å². The summed E-state index contributed by atoms with van der Waals surface area (Å²) in [6.45, 7) is 3.43. The predicted octanol–water partition coefficient (Wildman–Crippen LogP) is 2.73. The lowest BCUT2D eigenvalue weighted by Gasteiger charge is -2.47. The first-order chi connectivity index (χ1) is 9.16. The third-order valence-electron chi connectivity index (χ3n) is 5.05. The summed E-state index contributed by atoms with van der Waals surface area (Å²) in [5.41, 5.74) is 0.800. The van der Waals surface area contributed by atoms with Gasteiger partial charge in [-0.25, -0.2) is 0 Å². The summed E-state index contributed by atoms with van der Waals surface area (Å²) < 4.78 is 7.44. The Morgan fingerprint density at radius 1 is 1.37 bits per heavy atom. The van der Waals surface area contributed by atoms with E-state index >= 15 is 0 Å². The van der Waals surface area contributed by atoms with Crippen LogP contribution in [-0.2, 0) is 0 Å². The molecule has 1 aromatic rings. The topological polar surface area (TPSA) is 32.7 Å². The van der Waals surface area contributed by atoms with Crippen molar-refractivity contribution in [1.82, 2.24) is 4.90 Å². The standard InChI is InChI=1S/C15H18BrNO2/c16-11-1-2-12-13(18)8-15(19-14(12)7-11)4-6-17-5-3-10(15)9-17/h1-2,7,10,13,18H,3-6,8-9H2. The normalized spacial score (nSPS) is 40.0. The number of fused-ring (bicyclic) bond motifs is 4. The summed E-state index contributed by atoms with van der Waals surface area (Å²) in [4.78, 5) is 2.52. The average molecular weight is 324 g/mol. The number of halogens is 1. The maximum Gasteiger partial charge on any atom is 0.127 e. The van der Waals surface area contributed by atoms with Crippen molar-refractivity contribution in [3.63, 3.8) is 0 Å². The minimum Gasteiger partial charge on any atom is -0.486 e. The second kappa shape index (κ2) is 4.21. The number of rotatable bonds is 0. The van der Waals surface area contributed by atoms with Gasteiger partial charge in [-0.3, -0.25) is 0 Å². The monoisotopic (exact) mass is 323 g/mol. The molecule has 4 heteroatoms. The molecule has 3 aliphatic heterocycles. The first-order valence-electron chi connectivity index (χ1n) is 7.05. The van der Waals surface area contributed by atoms with E-state index < -0.39 is 0 Å². The summed E-state index contributed by atoms with van der Waals surface area (Å²) in [6.07, 6.45) is 2.61. The number of ether oxygens (including phenoxy) is 1. The SMILES string of the molecule is OC1CC2(CCN3CCC2C3)Oc2cc(Br)ccc21. The van der Waals surface area contributed by atoms with Crippen molar-refractivity contribution in [3.05, 3.63) is 28.2 Å². The fourth-order valence-corrected chi connectivity index (χ4v) is 4.33. The van der Waals surface area contributed by atoms with Crippen molar-refractivity contribution >= 4 is 15.9 Å². The summed E-state index contributed by atoms with van der Waals surface area (Å²) >= 11 is 3.49. The first kappa shape index (κ1) is 12.2. The molecule has 1 aromatic carbocycles. The molecule has 19 heavy (non-hydrogen) atoms. The van der Waals surface area contributed by atoms with E-state index in [2.05, 4.69) is 20.8 Å². The Morgan fingerprint density at radius 3 is 3.16 bits per heavy atom. The van der Waals surface area contributed by atoms with Gasteiger partial charge >= 0.3 is 0 Å². The number of aliphatic hydroxyl groups is 1. The van der Waals surface area contributed by atoms with Crippen molar-refractivity contribution in [2.45, 2.75) is 31.0 Å². The number of hydrogen-bond donors (Lipinski definition) is 1. The zero-order valence-corrected chi connectivity index (χ0v) is 12.4. The molecule has 0 aromatic heterocycles. The molecular formula is C15H18BrNO2. The van der Waals surface area contributed by atoms with E-state index in [-0.39, 0.29) is 11.7 Å². The lowest BCUT2D eigenvalue weighted by molar-refractivity contribution is -0.0736. The Morgan fingerprint density at radius 2 is 2.26 bits per heavy atom. The van der Waals surface area contributed by atoms with Gasteiger partial charge in [-0.15, -0.1) is 0 Å². The molecule has 0 radical (unpaired) electrons. The van der Waals surface area contributed by atoms with Crippen LogP contribution in [0.5, 0.6) is 5.75 Å². The van der Waals surface area contributed by atoms with Gasteiger partial charge in [-0.2, -0.15) is 0 Å². The fourth-order valence-electron chi connectivity index (χ4n) is 3.99. The number of aliphatic hydroxyl groups excluding tert-OH is 1. The lowest BCUT2D eigenvalue weighted by Crippen LogP contribution is -2.53. The van der Waals surface area contributed by atoms with E-state index in [9.17, 15) is 5.11 Å². The van der Waals surface area contributed by atoms with Crippen LogP contribution in [0.25, 0.3) is 0 Å². The third kappa shape index (κ3) is 1.84. The van der Waals surface area contributed by atoms with Crippen LogP contribution in [-0.4, -0.2) is 35.2 Å². The molecule has 2 bridgehead atoms. The Hall–Kier alpha value is -0.580. The highest BCUT2D eigenvalue weighted by molar-refractivity contribution is 9.10. The molecule has 4 unspecified atom stereocenters. The quantitative estimate of drug-likeness (QED) is 0.796. The van der Waals surface area contributed by atoms with Crippen molar-refractivity contribution in [2.75, 3.05) is 19.6 Å². The highest BCUT2D eigenvalue weighted by Crippen LogP contribution is 2.49. The predicted molar refractivity (Wildman–Crippen MR) is 76.2 cm³/mol. The van der Waals surface area contributed by atoms with Gasteiger partial charge in [0.25, 0.3) is 0 Å². The van der Waals surface area contributed by atoms with Crippen LogP contribution in [0, 0.1) is 5.92 Å². The van der Waals surface area contributed by atoms with Crippen LogP contribution in [0.4, 0.5) is 0 Å². The van der Waals surface area contributed by atoms with Crippen molar-refractivity contribution in [1.29, 1.82) is 0 Å². The van der Waals surface area contributed by atoms with Crippen molar-refractivity contribution < 1.29 is 9.84 Å². The van der Waals surface area contributed by atoms with Gasteiger partial charge in [0.1, 0.15) is 11.4 Å². The van der Waals surface area contributed by atoms with Crippen LogP contribution in [0.15, 0.2) is 22.7 Å². The molecule has 102 valence electrons. The van der Waals surface area contributed by atoms with Gasteiger partial charge in [0.05, 0.1) is 6.10 Å². The number of piperidine rings is 1. The van der Waals surface area contributed by atoms with Crippen LogP contribution in [0.1, 0.15) is 30.9 Å². The molecule has 2 saturated heterocycles. The van der Waals surface area contributed by atoms with Crippen molar-refractivity contribution in [3.8, 4) is 5.75 Å². The Kier molecular flexibility index (Phi) is 2.70. The zero-order chi connectivity index (χ0) is 13.0. The number of hydrogen-bond acceptors (Lipinski definition) is 3. The third-order valence-corrected chi connectivity index (χ3v) is 5.55. The van der Waals surface area contributed by atoms with Gasteiger partial charge in [0.2, 0.25) is 0 Å².